The van der Waals surface area contributed by atoms with Crippen LogP contribution in [0.1, 0.15) is 50.9 Å². The Hall–Kier alpha value is -1.04. The lowest BCUT2D eigenvalue weighted by atomic mass is 10.2. The van der Waals surface area contributed by atoms with Gasteiger partial charge in [0.05, 0.1) is 0 Å². The van der Waals surface area contributed by atoms with Crippen LogP contribution < -0.4 is 10.6 Å². The molecule has 1 saturated carbocycles. The Morgan fingerprint density at radius 2 is 2.00 bits per heavy atom. The summed E-state index contributed by atoms with van der Waals surface area (Å²) in [6.45, 7) is 3.69. The van der Waals surface area contributed by atoms with Crippen molar-refractivity contribution in [1.29, 1.82) is 0 Å². The minimum atomic E-state index is -0.0125. The van der Waals surface area contributed by atoms with E-state index in [2.05, 4.69) is 36.6 Å². The summed E-state index contributed by atoms with van der Waals surface area (Å²) in [5, 5.41) is 16.3. The van der Waals surface area contributed by atoms with Crippen LogP contribution in [0.5, 0.6) is 0 Å². The summed E-state index contributed by atoms with van der Waals surface area (Å²) in [6.07, 6.45) is 8.94. The largest absolute Gasteiger partial charge is 0.357 e. The molecule has 8 nitrogen and oxygen atoms in total. The number of carbonyl (C=O) groups is 1. The molecule has 2 N–H and O–H groups in total. The zero-order valence-corrected chi connectivity index (χ0v) is 20.5. The van der Waals surface area contributed by atoms with Gasteiger partial charge < -0.3 is 20.1 Å². The van der Waals surface area contributed by atoms with Gasteiger partial charge in [0.25, 0.3) is 0 Å². The second-order valence-corrected chi connectivity index (χ2v) is 7.70. The molecule has 10 heteroatoms. The van der Waals surface area contributed by atoms with Crippen molar-refractivity contribution in [3.63, 3.8) is 0 Å². The molecule has 0 bridgehead atoms. The molecule has 0 unspecified atom stereocenters. The van der Waals surface area contributed by atoms with Gasteiger partial charge in [0, 0.05) is 39.6 Å². The Kier molecular flexibility index (Phi) is 11.8. The van der Waals surface area contributed by atoms with Gasteiger partial charge in [-0.2, -0.15) is 0 Å². The predicted octanol–water partition coefficient (Wildman–Crippen LogP) is 2.31. The maximum atomic E-state index is 11.7. The van der Waals surface area contributed by atoms with Crippen molar-refractivity contribution < 1.29 is 4.79 Å². The molecule has 0 radical (unpaired) electrons. The van der Waals surface area contributed by atoms with Gasteiger partial charge in [-0.3, -0.25) is 4.79 Å². The van der Waals surface area contributed by atoms with E-state index in [1.165, 1.54) is 25.7 Å². The van der Waals surface area contributed by atoms with Gasteiger partial charge in [0.2, 0.25) is 5.91 Å². The first-order valence-electron chi connectivity index (χ1n) is 9.76. The number of amides is 1. The Labute approximate surface area is 189 Å². The fraction of sp³-hybridized carbons (Fsp3) is 0.778. The van der Waals surface area contributed by atoms with Crippen LogP contribution in [0.25, 0.3) is 0 Å². The van der Waals surface area contributed by atoms with Crippen molar-refractivity contribution in [2.45, 2.75) is 56.6 Å². The van der Waals surface area contributed by atoms with Gasteiger partial charge in [-0.05, 0) is 32.4 Å². The summed E-state index contributed by atoms with van der Waals surface area (Å²) in [7, 11) is 3.48. The van der Waals surface area contributed by atoms with Gasteiger partial charge >= 0.3 is 0 Å². The standard InChI is InChI=1S/C18H33N7OS.HI/c1-5-19-17(21-13-16(26)24(2)3)20-12-8-11-15-22-23-18(27-4)25(15)14-9-6-7-10-14;/h14H,5-13H2,1-4H3,(H2,19,20,21);1H. The van der Waals surface area contributed by atoms with Crippen molar-refractivity contribution in [2.75, 3.05) is 40.0 Å². The number of halogens is 1. The highest BCUT2D eigenvalue weighted by Gasteiger charge is 2.23. The molecule has 0 spiro atoms. The fourth-order valence-corrected chi connectivity index (χ4v) is 3.80. The quantitative estimate of drug-likeness (QED) is 0.170. The molecule has 28 heavy (non-hydrogen) atoms. The second kappa shape index (κ2) is 13.2. The summed E-state index contributed by atoms with van der Waals surface area (Å²) in [5.41, 5.74) is 0. The molecular formula is C18H34IN7OS. The van der Waals surface area contributed by atoms with Crippen LogP contribution in [-0.4, -0.2) is 71.5 Å². The predicted molar refractivity (Wildman–Crippen MR) is 126 cm³/mol. The zero-order chi connectivity index (χ0) is 19.6. The number of rotatable bonds is 9. The van der Waals surface area contributed by atoms with Crippen LogP contribution in [-0.2, 0) is 11.2 Å². The lowest BCUT2D eigenvalue weighted by molar-refractivity contribution is -0.127. The number of likely N-dealkylation sites (N-methyl/N-ethyl adjacent to an activating group) is 1. The van der Waals surface area contributed by atoms with E-state index < -0.39 is 0 Å². The number of carbonyl (C=O) groups excluding carboxylic acids is 1. The molecule has 160 valence electrons. The molecule has 1 aliphatic carbocycles. The molecule has 2 rings (SSSR count). The SMILES string of the molecule is CCNC(=NCC(=O)N(C)C)NCCCc1nnc(SC)n1C1CCCC1.I. The number of hydrogen-bond donors (Lipinski definition) is 2. The van der Waals surface area contributed by atoms with Gasteiger partial charge in [-0.15, -0.1) is 34.2 Å². The first kappa shape index (κ1) is 25.0. The third-order valence-electron chi connectivity index (χ3n) is 4.69. The molecule has 1 heterocycles. The fourth-order valence-electron chi connectivity index (χ4n) is 3.23. The normalized spacial score (nSPS) is 14.6. The smallest absolute Gasteiger partial charge is 0.243 e. The third kappa shape index (κ3) is 7.41. The molecule has 1 amide bonds. The van der Waals surface area contributed by atoms with E-state index in [4.69, 9.17) is 0 Å². The van der Waals surface area contributed by atoms with Crippen molar-refractivity contribution in [3.8, 4) is 0 Å². The van der Waals surface area contributed by atoms with Gasteiger partial charge in [-0.25, -0.2) is 4.99 Å². The number of aryl methyl sites for hydroxylation is 1. The van der Waals surface area contributed by atoms with E-state index in [1.807, 2.05) is 6.92 Å². The zero-order valence-electron chi connectivity index (χ0n) is 17.4. The van der Waals surface area contributed by atoms with E-state index in [0.717, 1.165) is 36.9 Å². The van der Waals surface area contributed by atoms with E-state index in [1.54, 1.807) is 30.8 Å². The lowest BCUT2D eigenvalue weighted by Gasteiger charge is -2.16. The van der Waals surface area contributed by atoms with Gasteiger partial charge in [0.15, 0.2) is 11.1 Å². The summed E-state index contributed by atoms with van der Waals surface area (Å²) in [6, 6.07) is 0.557. The summed E-state index contributed by atoms with van der Waals surface area (Å²) < 4.78 is 2.35. The molecule has 0 saturated heterocycles. The van der Waals surface area contributed by atoms with Crippen LogP contribution in [0.2, 0.25) is 0 Å². The molecule has 1 aromatic heterocycles. The first-order chi connectivity index (χ1) is 13.1. The molecule has 0 aromatic carbocycles. The average Bonchev–Trinajstić information content (AvgIpc) is 3.31. The van der Waals surface area contributed by atoms with E-state index in [9.17, 15) is 4.79 Å². The Bertz CT molecular complexity index is 629. The molecule has 1 fully saturated rings. The summed E-state index contributed by atoms with van der Waals surface area (Å²) in [4.78, 5) is 17.6. The highest BCUT2D eigenvalue weighted by molar-refractivity contribution is 14.0. The van der Waals surface area contributed by atoms with Gasteiger partial charge in [-0.1, -0.05) is 24.6 Å². The Balaban J connectivity index is 0.00000392. The number of nitrogens with zero attached hydrogens (tertiary/aromatic N) is 5. The molecule has 1 aliphatic rings. The molecule has 0 atom stereocenters. The van der Waals surface area contributed by atoms with Crippen LogP contribution in [0.15, 0.2) is 10.1 Å². The average molecular weight is 523 g/mol. The number of guanidine groups is 1. The number of nitrogens with one attached hydrogen (secondary N) is 2. The van der Waals surface area contributed by atoms with Crippen molar-refractivity contribution in [2.24, 2.45) is 4.99 Å². The van der Waals surface area contributed by atoms with Crippen molar-refractivity contribution in [3.05, 3.63) is 5.82 Å². The van der Waals surface area contributed by atoms with Crippen LogP contribution in [0.4, 0.5) is 0 Å². The Morgan fingerprint density at radius 1 is 1.29 bits per heavy atom. The maximum absolute atomic E-state index is 11.7. The van der Waals surface area contributed by atoms with Crippen LogP contribution in [0, 0.1) is 0 Å². The lowest BCUT2D eigenvalue weighted by Crippen LogP contribution is -2.39. The monoisotopic (exact) mass is 523 g/mol. The highest BCUT2D eigenvalue weighted by atomic mass is 127. The second-order valence-electron chi connectivity index (χ2n) is 6.92. The van der Waals surface area contributed by atoms with E-state index >= 15 is 0 Å². The van der Waals surface area contributed by atoms with E-state index in [0.29, 0.717) is 12.0 Å². The first-order valence-corrected chi connectivity index (χ1v) is 11.0. The van der Waals surface area contributed by atoms with Crippen LogP contribution >= 0.6 is 35.7 Å². The molecule has 0 aliphatic heterocycles. The topological polar surface area (TPSA) is 87.4 Å². The minimum Gasteiger partial charge on any atom is -0.357 e. The maximum Gasteiger partial charge on any atom is 0.243 e. The van der Waals surface area contributed by atoms with E-state index in [-0.39, 0.29) is 36.4 Å². The molecular weight excluding hydrogens is 489 g/mol. The minimum absolute atomic E-state index is 0. The summed E-state index contributed by atoms with van der Waals surface area (Å²) >= 11 is 1.67. The number of aromatic nitrogens is 3. The Morgan fingerprint density at radius 3 is 2.61 bits per heavy atom. The van der Waals surface area contributed by atoms with Crippen LogP contribution in [0.3, 0.4) is 0 Å². The number of thioether (sulfide) groups is 1. The van der Waals surface area contributed by atoms with Gasteiger partial charge in [0.1, 0.15) is 12.4 Å². The number of aliphatic imine (C=N–C) groups is 1. The van der Waals surface area contributed by atoms with Crippen molar-refractivity contribution in [1.82, 2.24) is 30.3 Å². The van der Waals surface area contributed by atoms with Crippen molar-refractivity contribution >= 4 is 47.6 Å². The third-order valence-corrected chi connectivity index (χ3v) is 5.34. The summed E-state index contributed by atoms with van der Waals surface area (Å²) in [5.74, 6) is 1.74. The number of hydrogen-bond acceptors (Lipinski definition) is 5. The molecule has 1 aromatic rings. The highest BCUT2D eigenvalue weighted by Crippen LogP contribution is 2.33.